The Balaban J connectivity index is 2.03. The van der Waals surface area contributed by atoms with Gasteiger partial charge < -0.3 is 10.6 Å². The Hall–Kier alpha value is -1.16. The van der Waals surface area contributed by atoms with Gasteiger partial charge in [-0.05, 0) is 25.9 Å². The van der Waals surface area contributed by atoms with Crippen LogP contribution in [0.25, 0.3) is 0 Å². The largest absolute Gasteiger partial charge is 0.384 e. The van der Waals surface area contributed by atoms with Gasteiger partial charge in [0.25, 0.3) is 0 Å². The average molecular weight is 262 g/mol. The summed E-state index contributed by atoms with van der Waals surface area (Å²) in [6.07, 6.45) is 6.05. The molecule has 4 heteroatoms. The maximum atomic E-state index is 5.93. The van der Waals surface area contributed by atoms with Gasteiger partial charge in [0.05, 0.1) is 0 Å². The molecule has 0 spiro atoms. The summed E-state index contributed by atoms with van der Waals surface area (Å²) in [5.41, 5.74) is 7.10. The lowest BCUT2D eigenvalue weighted by Crippen LogP contribution is -2.26. The van der Waals surface area contributed by atoms with Gasteiger partial charge in [0, 0.05) is 30.6 Å². The van der Waals surface area contributed by atoms with Gasteiger partial charge >= 0.3 is 0 Å². The summed E-state index contributed by atoms with van der Waals surface area (Å²) in [5.74, 6) is 2.15. The number of hydrogen-bond donors (Lipinski definition) is 1. The van der Waals surface area contributed by atoms with E-state index >= 15 is 0 Å². The molecule has 0 radical (unpaired) electrons. The Bertz CT molecular complexity index is 395. The Labute approximate surface area is 116 Å². The van der Waals surface area contributed by atoms with Gasteiger partial charge in [0.2, 0.25) is 0 Å². The van der Waals surface area contributed by atoms with Crippen molar-refractivity contribution >= 4 is 5.82 Å². The van der Waals surface area contributed by atoms with Gasteiger partial charge in [-0.3, -0.25) is 0 Å². The van der Waals surface area contributed by atoms with Crippen molar-refractivity contribution in [2.75, 3.05) is 25.4 Å². The SMILES string of the molecule is CCN(CC)CCc1nc(N)cc(C2CCCC2)n1. The highest BCUT2D eigenvalue weighted by Crippen LogP contribution is 2.33. The monoisotopic (exact) mass is 262 g/mol. The highest BCUT2D eigenvalue weighted by Gasteiger charge is 2.19. The minimum Gasteiger partial charge on any atom is -0.384 e. The Morgan fingerprint density at radius 1 is 1.21 bits per heavy atom. The molecule has 1 aromatic rings. The lowest BCUT2D eigenvalue weighted by Gasteiger charge is -2.17. The number of anilines is 1. The van der Waals surface area contributed by atoms with Crippen molar-refractivity contribution < 1.29 is 0 Å². The van der Waals surface area contributed by atoms with Gasteiger partial charge in [-0.2, -0.15) is 0 Å². The van der Waals surface area contributed by atoms with Crippen LogP contribution in [0.15, 0.2) is 6.07 Å². The minimum absolute atomic E-state index is 0.609. The number of nitrogen functional groups attached to an aromatic ring is 1. The third-order valence-corrected chi connectivity index (χ3v) is 4.13. The maximum absolute atomic E-state index is 5.93. The van der Waals surface area contributed by atoms with E-state index in [9.17, 15) is 0 Å². The minimum atomic E-state index is 0.609. The van der Waals surface area contributed by atoms with Crippen molar-refractivity contribution in [2.24, 2.45) is 0 Å². The van der Waals surface area contributed by atoms with Crippen molar-refractivity contribution in [3.8, 4) is 0 Å². The molecule has 1 saturated carbocycles. The molecule has 0 aromatic carbocycles. The third-order valence-electron chi connectivity index (χ3n) is 4.13. The lowest BCUT2D eigenvalue weighted by atomic mass is 10.0. The summed E-state index contributed by atoms with van der Waals surface area (Å²) in [4.78, 5) is 11.5. The van der Waals surface area contributed by atoms with Crippen LogP contribution in [0.2, 0.25) is 0 Å². The van der Waals surface area contributed by atoms with E-state index in [1.165, 1.54) is 31.4 Å². The predicted molar refractivity (Wildman–Crippen MR) is 79.1 cm³/mol. The molecular formula is C15H26N4. The molecule has 19 heavy (non-hydrogen) atoms. The van der Waals surface area contributed by atoms with Crippen LogP contribution < -0.4 is 5.73 Å². The zero-order valence-corrected chi connectivity index (χ0v) is 12.2. The molecule has 1 aliphatic rings. The molecule has 0 amide bonds. The summed E-state index contributed by atoms with van der Waals surface area (Å²) in [5, 5.41) is 0. The number of rotatable bonds is 6. The van der Waals surface area contributed by atoms with Crippen molar-refractivity contribution in [2.45, 2.75) is 51.9 Å². The van der Waals surface area contributed by atoms with Gasteiger partial charge in [0.1, 0.15) is 11.6 Å². The Morgan fingerprint density at radius 2 is 1.89 bits per heavy atom. The standard InChI is InChI=1S/C15H26N4/c1-3-19(4-2)10-9-15-17-13(11-14(16)18-15)12-7-5-6-8-12/h11-12H,3-10H2,1-2H3,(H2,16,17,18). The van der Waals surface area contributed by atoms with Crippen LogP contribution in [0.4, 0.5) is 5.82 Å². The summed E-state index contributed by atoms with van der Waals surface area (Å²) in [6.45, 7) is 7.55. The molecule has 1 fully saturated rings. The van der Waals surface area contributed by atoms with Crippen LogP contribution in [0.5, 0.6) is 0 Å². The van der Waals surface area contributed by atoms with Crippen LogP contribution in [0.1, 0.15) is 57.0 Å². The van der Waals surface area contributed by atoms with Crippen LogP contribution in [0.3, 0.4) is 0 Å². The zero-order chi connectivity index (χ0) is 13.7. The van der Waals surface area contributed by atoms with E-state index in [1.54, 1.807) is 0 Å². The van der Waals surface area contributed by atoms with Gasteiger partial charge in [-0.15, -0.1) is 0 Å². The first-order valence-corrected chi connectivity index (χ1v) is 7.58. The topological polar surface area (TPSA) is 55.0 Å². The first-order chi connectivity index (χ1) is 9.22. The normalized spacial score (nSPS) is 16.4. The van der Waals surface area contributed by atoms with Gasteiger partial charge in [-0.25, -0.2) is 9.97 Å². The summed E-state index contributed by atoms with van der Waals surface area (Å²) in [6, 6.07) is 1.97. The molecular weight excluding hydrogens is 236 g/mol. The summed E-state index contributed by atoms with van der Waals surface area (Å²) in [7, 11) is 0. The highest BCUT2D eigenvalue weighted by atomic mass is 15.1. The van der Waals surface area contributed by atoms with Crippen molar-refractivity contribution in [1.29, 1.82) is 0 Å². The highest BCUT2D eigenvalue weighted by molar-refractivity contribution is 5.31. The fourth-order valence-electron chi connectivity index (χ4n) is 2.88. The first-order valence-electron chi connectivity index (χ1n) is 7.58. The average Bonchev–Trinajstić information content (AvgIpc) is 2.93. The van der Waals surface area contributed by atoms with Crippen molar-refractivity contribution in [1.82, 2.24) is 14.9 Å². The molecule has 0 atom stereocenters. The van der Waals surface area contributed by atoms with Crippen LogP contribution in [0, 0.1) is 0 Å². The third kappa shape index (κ3) is 3.90. The van der Waals surface area contributed by atoms with E-state index in [-0.39, 0.29) is 0 Å². The van der Waals surface area contributed by atoms with E-state index in [0.29, 0.717) is 11.7 Å². The fraction of sp³-hybridized carbons (Fsp3) is 0.733. The molecule has 1 heterocycles. The second-order valence-electron chi connectivity index (χ2n) is 5.39. The van der Waals surface area contributed by atoms with Crippen molar-refractivity contribution in [3.05, 3.63) is 17.6 Å². The molecule has 0 aliphatic heterocycles. The van der Waals surface area contributed by atoms with E-state index in [2.05, 4.69) is 23.7 Å². The maximum Gasteiger partial charge on any atom is 0.132 e. The number of nitrogens with two attached hydrogens (primary N) is 1. The van der Waals surface area contributed by atoms with Crippen LogP contribution >= 0.6 is 0 Å². The van der Waals surface area contributed by atoms with E-state index < -0.39 is 0 Å². The molecule has 2 rings (SSSR count). The van der Waals surface area contributed by atoms with Crippen LogP contribution in [-0.2, 0) is 6.42 Å². The second-order valence-corrected chi connectivity index (χ2v) is 5.39. The number of likely N-dealkylation sites (N-methyl/N-ethyl adjacent to an activating group) is 1. The van der Waals surface area contributed by atoms with Gasteiger partial charge in [-0.1, -0.05) is 26.7 Å². The molecule has 2 N–H and O–H groups in total. The number of nitrogens with zero attached hydrogens (tertiary/aromatic N) is 3. The summed E-state index contributed by atoms with van der Waals surface area (Å²) < 4.78 is 0. The molecule has 1 aliphatic carbocycles. The number of aromatic nitrogens is 2. The smallest absolute Gasteiger partial charge is 0.132 e. The predicted octanol–water partition coefficient (Wildman–Crippen LogP) is 2.60. The quantitative estimate of drug-likeness (QED) is 0.856. The molecule has 4 nitrogen and oxygen atoms in total. The Kier molecular flexibility index (Phi) is 5.14. The molecule has 106 valence electrons. The molecule has 0 saturated heterocycles. The Morgan fingerprint density at radius 3 is 2.53 bits per heavy atom. The molecule has 1 aromatic heterocycles. The molecule has 0 unspecified atom stereocenters. The zero-order valence-electron chi connectivity index (χ0n) is 12.2. The van der Waals surface area contributed by atoms with Gasteiger partial charge in [0.15, 0.2) is 0 Å². The van der Waals surface area contributed by atoms with Crippen LogP contribution in [-0.4, -0.2) is 34.5 Å². The second kappa shape index (κ2) is 6.85. The van der Waals surface area contributed by atoms with E-state index in [4.69, 9.17) is 10.7 Å². The molecule has 0 bridgehead atoms. The summed E-state index contributed by atoms with van der Waals surface area (Å²) >= 11 is 0. The lowest BCUT2D eigenvalue weighted by molar-refractivity contribution is 0.305. The van der Waals surface area contributed by atoms with Crippen molar-refractivity contribution in [3.63, 3.8) is 0 Å². The first kappa shape index (κ1) is 14.3. The van der Waals surface area contributed by atoms with E-state index in [0.717, 1.165) is 31.9 Å². The van der Waals surface area contributed by atoms with E-state index in [1.807, 2.05) is 6.07 Å². The fourth-order valence-corrected chi connectivity index (χ4v) is 2.88. The number of hydrogen-bond acceptors (Lipinski definition) is 4.